The Bertz CT molecular complexity index is 973. The summed E-state index contributed by atoms with van der Waals surface area (Å²) in [6.45, 7) is 1.27. The zero-order valence-corrected chi connectivity index (χ0v) is 16.2. The van der Waals surface area contributed by atoms with Crippen LogP contribution in [0.5, 0.6) is 0 Å². The lowest BCUT2D eigenvalue weighted by Crippen LogP contribution is -2.21. The van der Waals surface area contributed by atoms with Gasteiger partial charge in [0.25, 0.3) is 5.91 Å². The van der Waals surface area contributed by atoms with Gasteiger partial charge in [-0.05, 0) is 42.8 Å². The number of carbonyl (C=O) groups excluding carboxylic acids is 2. The highest BCUT2D eigenvalue weighted by molar-refractivity contribution is 7.90. The van der Waals surface area contributed by atoms with Crippen LogP contribution in [-0.2, 0) is 19.4 Å². The SMILES string of the molecule is Cc1ccc(NC(=O)COC(=O)c2cc(S(C)(=O)=O)ccc2Cl)c(Cl)c1. The fraction of sp³-hybridized carbons (Fsp3) is 0.176. The highest BCUT2D eigenvalue weighted by atomic mass is 35.5. The van der Waals surface area contributed by atoms with E-state index in [4.69, 9.17) is 27.9 Å². The Balaban J connectivity index is 2.05. The second-order valence-corrected chi connectivity index (χ2v) is 8.35. The van der Waals surface area contributed by atoms with Gasteiger partial charge in [-0.1, -0.05) is 29.3 Å². The second kappa shape index (κ2) is 8.07. The minimum atomic E-state index is -3.52. The molecule has 26 heavy (non-hydrogen) atoms. The third-order valence-corrected chi connectivity index (χ3v) is 5.07. The van der Waals surface area contributed by atoms with Gasteiger partial charge in [-0.25, -0.2) is 13.2 Å². The lowest BCUT2D eigenvalue weighted by Gasteiger charge is -2.10. The number of benzene rings is 2. The largest absolute Gasteiger partial charge is 0.452 e. The molecule has 2 aromatic carbocycles. The Labute approximate surface area is 161 Å². The average Bonchev–Trinajstić information content (AvgIpc) is 2.54. The Kier molecular flexibility index (Phi) is 6.28. The summed E-state index contributed by atoms with van der Waals surface area (Å²) in [6.07, 6.45) is 1.00. The second-order valence-electron chi connectivity index (χ2n) is 5.52. The molecule has 2 rings (SSSR count). The molecule has 0 aromatic heterocycles. The van der Waals surface area contributed by atoms with Crippen molar-refractivity contribution in [2.24, 2.45) is 0 Å². The van der Waals surface area contributed by atoms with Gasteiger partial charge in [-0.3, -0.25) is 4.79 Å². The van der Waals surface area contributed by atoms with E-state index in [0.29, 0.717) is 10.7 Å². The van der Waals surface area contributed by atoms with Crippen LogP contribution < -0.4 is 5.32 Å². The molecule has 0 unspecified atom stereocenters. The van der Waals surface area contributed by atoms with E-state index < -0.39 is 28.3 Å². The van der Waals surface area contributed by atoms with Crippen molar-refractivity contribution in [1.82, 2.24) is 0 Å². The predicted octanol–water partition coefficient (Wildman–Crippen LogP) is 3.50. The van der Waals surface area contributed by atoms with Gasteiger partial charge in [0.2, 0.25) is 0 Å². The molecule has 138 valence electrons. The first kappa shape index (κ1) is 20.2. The van der Waals surface area contributed by atoms with Crippen LogP contribution in [0.3, 0.4) is 0 Å². The number of anilines is 1. The minimum Gasteiger partial charge on any atom is -0.452 e. The van der Waals surface area contributed by atoms with Crippen LogP contribution in [0, 0.1) is 6.92 Å². The molecule has 0 aliphatic heterocycles. The molecule has 0 bridgehead atoms. The number of hydrogen-bond donors (Lipinski definition) is 1. The Morgan fingerprint density at radius 3 is 2.38 bits per heavy atom. The van der Waals surface area contributed by atoms with Crippen molar-refractivity contribution in [1.29, 1.82) is 0 Å². The van der Waals surface area contributed by atoms with E-state index in [2.05, 4.69) is 5.32 Å². The Morgan fingerprint density at radius 2 is 1.77 bits per heavy atom. The standard InChI is InChI=1S/C17H15Cl2NO5S/c1-10-3-6-15(14(19)7-10)20-16(21)9-25-17(22)12-8-11(26(2,23)24)4-5-13(12)18/h3-8H,9H2,1-2H3,(H,20,21). The summed E-state index contributed by atoms with van der Waals surface area (Å²) in [7, 11) is -3.52. The molecular formula is C17H15Cl2NO5S. The number of nitrogens with one attached hydrogen (secondary N) is 1. The molecule has 0 fully saturated rings. The maximum Gasteiger partial charge on any atom is 0.340 e. The molecule has 0 saturated heterocycles. The van der Waals surface area contributed by atoms with E-state index in [1.165, 1.54) is 12.1 Å². The maximum atomic E-state index is 12.1. The van der Waals surface area contributed by atoms with Crippen LogP contribution in [0.1, 0.15) is 15.9 Å². The third kappa shape index (κ3) is 5.20. The maximum absolute atomic E-state index is 12.1. The molecule has 0 aliphatic rings. The molecule has 0 aliphatic carbocycles. The molecule has 9 heteroatoms. The van der Waals surface area contributed by atoms with Gasteiger partial charge in [0.1, 0.15) is 0 Å². The van der Waals surface area contributed by atoms with E-state index in [0.717, 1.165) is 17.9 Å². The van der Waals surface area contributed by atoms with Gasteiger partial charge < -0.3 is 10.1 Å². The van der Waals surface area contributed by atoms with E-state index in [9.17, 15) is 18.0 Å². The molecule has 1 N–H and O–H groups in total. The predicted molar refractivity (Wildman–Crippen MR) is 99.7 cm³/mol. The molecule has 6 nitrogen and oxygen atoms in total. The van der Waals surface area contributed by atoms with Gasteiger partial charge in [0.15, 0.2) is 16.4 Å². The fourth-order valence-electron chi connectivity index (χ4n) is 2.01. The molecule has 0 atom stereocenters. The van der Waals surface area contributed by atoms with Crippen LogP contribution >= 0.6 is 23.2 Å². The van der Waals surface area contributed by atoms with Crippen molar-refractivity contribution < 1.29 is 22.7 Å². The lowest BCUT2D eigenvalue weighted by atomic mass is 10.2. The zero-order valence-electron chi connectivity index (χ0n) is 13.9. The van der Waals surface area contributed by atoms with Crippen LogP contribution in [0.15, 0.2) is 41.3 Å². The van der Waals surface area contributed by atoms with E-state index >= 15 is 0 Å². The smallest absolute Gasteiger partial charge is 0.340 e. The van der Waals surface area contributed by atoms with Gasteiger partial charge in [-0.2, -0.15) is 0 Å². The van der Waals surface area contributed by atoms with Crippen LogP contribution in [0.25, 0.3) is 0 Å². The number of hydrogen-bond acceptors (Lipinski definition) is 5. The number of aryl methyl sites for hydroxylation is 1. The first-order valence-electron chi connectivity index (χ1n) is 7.30. The lowest BCUT2D eigenvalue weighted by molar-refractivity contribution is -0.119. The first-order chi connectivity index (χ1) is 12.1. The van der Waals surface area contributed by atoms with Crippen LogP contribution in [-0.4, -0.2) is 33.2 Å². The van der Waals surface area contributed by atoms with Crippen LogP contribution in [0.2, 0.25) is 10.0 Å². The van der Waals surface area contributed by atoms with Gasteiger partial charge in [0, 0.05) is 6.26 Å². The zero-order chi connectivity index (χ0) is 19.5. The topological polar surface area (TPSA) is 89.5 Å². The summed E-state index contributed by atoms with van der Waals surface area (Å²) in [5.74, 6) is -1.51. The van der Waals surface area contributed by atoms with Crippen LogP contribution in [0.4, 0.5) is 5.69 Å². The summed E-state index contributed by atoms with van der Waals surface area (Å²) in [4.78, 5) is 23.9. The molecule has 0 spiro atoms. The number of rotatable bonds is 5. The van der Waals surface area contributed by atoms with E-state index in [1.807, 2.05) is 6.92 Å². The Hall–Kier alpha value is -2.09. The first-order valence-corrected chi connectivity index (χ1v) is 9.95. The normalized spacial score (nSPS) is 11.1. The van der Waals surface area contributed by atoms with Crippen molar-refractivity contribution in [3.8, 4) is 0 Å². The van der Waals surface area contributed by atoms with Gasteiger partial charge >= 0.3 is 5.97 Å². The molecule has 0 heterocycles. The number of ether oxygens (including phenoxy) is 1. The number of halogens is 2. The third-order valence-electron chi connectivity index (χ3n) is 3.32. The van der Waals surface area contributed by atoms with Crippen molar-refractivity contribution in [2.75, 3.05) is 18.2 Å². The molecule has 0 radical (unpaired) electrons. The quantitative estimate of drug-likeness (QED) is 0.754. The number of sulfone groups is 1. The molecule has 0 saturated carbocycles. The number of carbonyl (C=O) groups is 2. The summed E-state index contributed by atoms with van der Waals surface area (Å²) in [6, 6.07) is 8.74. The summed E-state index contributed by atoms with van der Waals surface area (Å²) in [5.41, 5.74) is 1.17. The molecular weight excluding hydrogens is 401 g/mol. The van der Waals surface area contributed by atoms with E-state index in [1.54, 1.807) is 18.2 Å². The summed E-state index contributed by atoms with van der Waals surface area (Å²) < 4.78 is 28.0. The summed E-state index contributed by atoms with van der Waals surface area (Å²) in [5, 5.41) is 2.89. The monoisotopic (exact) mass is 415 g/mol. The van der Waals surface area contributed by atoms with Crippen molar-refractivity contribution in [2.45, 2.75) is 11.8 Å². The highest BCUT2D eigenvalue weighted by Gasteiger charge is 2.18. The average molecular weight is 416 g/mol. The minimum absolute atomic E-state index is 0.0180. The fourth-order valence-corrected chi connectivity index (χ4v) is 3.13. The van der Waals surface area contributed by atoms with Crippen molar-refractivity contribution >= 4 is 50.6 Å². The number of esters is 1. The molecule has 2 aromatic rings. The number of amides is 1. The summed E-state index contributed by atoms with van der Waals surface area (Å²) >= 11 is 11.9. The molecule has 1 amide bonds. The van der Waals surface area contributed by atoms with Crippen molar-refractivity contribution in [3.63, 3.8) is 0 Å². The Morgan fingerprint density at radius 1 is 1.08 bits per heavy atom. The van der Waals surface area contributed by atoms with Gasteiger partial charge in [-0.15, -0.1) is 0 Å². The van der Waals surface area contributed by atoms with E-state index in [-0.39, 0.29) is 15.5 Å². The highest BCUT2D eigenvalue weighted by Crippen LogP contribution is 2.23. The van der Waals surface area contributed by atoms with Crippen molar-refractivity contribution in [3.05, 3.63) is 57.6 Å². The van der Waals surface area contributed by atoms with Gasteiger partial charge in [0.05, 0.1) is 26.2 Å².